The lowest BCUT2D eigenvalue weighted by Crippen LogP contribution is -2.55. The van der Waals surface area contributed by atoms with Crippen molar-refractivity contribution in [1.29, 1.82) is 0 Å². The number of fused-ring (bicyclic) bond motifs is 1. The summed E-state index contributed by atoms with van der Waals surface area (Å²) >= 11 is 0. The number of piperazine rings is 1. The Balaban J connectivity index is 1.61. The summed E-state index contributed by atoms with van der Waals surface area (Å²) in [5, 5.41) is 10.00. The second-order valence-electron chi connectivity index (χ2n) is 7.85. The average molecular weight is 407 g/mol. The molecule has 1 saturated heterocycles. The van der Waals surface area contributed by atoms with E-state index in [-0.39, 0.29) is 12.1 Å². The van der Waals surface area contributed by atoms with Gasteiger partial charge >= 0.3 is 11.8 Å². The summed E-state index contributed by atoms with van der Waals surface area (Å²) in [4.78, 5) is 34.0. The van der Waals surface area contributed by atoms with Crippen LogP contribution >= 0.6 is 0 Å². The van der Waals surface area contributed by atoms with Crippen molar-refractivity contribution in [2.45, 2.75) is 25.9 Å². The molecule has 0 spiro atoms. The largest absolute Gasteiger partial charge is 0.383 e. The number of benzene rings is 1. The molecule has 1 fully saturated rings. The van der Waals surface area contributed by atoms with E-state index in [1.165, 1.54) is 12.4 Å². The molecule has 3 heterocycles. The van der Waals surface area contributed by atoms with E-state index in [1.807, 2.05) is 39.1 Å². The van der Waals surface area contributed by atoms with Crippen LogP contribution in [0.2, 0.25) is 0 Å². The van der Waals surface area contributed by atoms with Crippen molar-refractivity contribution < 1.29 is 9.59 Å². The van der Waals surface area contributed by atoms with Gasteiger partial charge in [-0.15, -0.1) is 0 Å². The number of nitrogens with two attached hydrogens (primary N) is 1. The molecule has 1 aliphatic heterocycles. The van der Waals surface area contributed by atoms with Gasteiger partial charge in [0.15, 0.2) is 0 Å². The maximum atomic E-state index is 13.2. The van der Waals surface area contributed by atoms with Crippen LogP contribution in [0.3, 0.4) is 0 Å². The average Bonchev–Trinajstić information content (AvgIpc) is 3.22. The highest BCUT2D eigenvalue weighted by Gasteiger charge is 2.36. The molecule has 2 atom stereocenters. The number of hydrogen-bond acceptors (Lipinski definition) is 6. The number of nitrogen functional groups attached to an aromatic ring is 1. The maximum absolute atomic E-state index is 13.2. The van der Waals surface area contributed by atoms with Crippen molar-refractivity contribution in [1.82, 2.24) is 25.0 Å². The van der Waals surface area contributed by atoms with Crippen LogP contribution in [0.25, 0.3) is 10.9 Å². The van der Waals surface area contributed by atoms with E-state index in [0.29, 0.717) is 35.5 Å². The number of hydrogen-bond donors (Lipinski definition) is 3. The van der Waals surface area contributed by atoms with Gasteiger partial charge in [-0.25, -0.2) is 4.98 Å². The molecule has 3 aromatic rings. The number of H-pyrrole nitrogens is 1. The number of aryl methyl sites for hydroxylation is 1. The summed E-state index contributed by atoms with van der Waals surface area (Å²) in [7, 11) is 2.03. The van der Waals surface area contributed by atoms with E-state index in [2.05, 4.69) is 31.5 Å². The van der Waals surface area contributed by atoms with E-state index in [4.69, 9.17) is 5.73 Å². The molecule has 0 bridgehead atoms. The number of nitrogens with zero attached hydrogens (tertiary/aromatic N) is 4. The molecule has 1 aromatic carbocycles. The molecule has 0 saturated carbocycles. The van der Waals surface area contributed by atoms with Gasteiger partial charge < -0.3 is 16.0 Å². The van der Waals surface area contributed by atoms with Gasteiger partial charge in [0.1, 0.15) is 5.82 Å². The highest BCUT2D eigenvalue weighted by Crippen LogP contribution is 2.29. The number of amides is 2. The molecular weight excluding hydrogens is 382 g/mol. The number of aromatic nitrogens is 3. The third-order valence-corrected chi connectivity index (χ3v) is 5.70. The van der Waals surface area contributed by atoms with E-state index in [0.717, 1.165) is 11.1 Å². The van der Waals surface area contributed by atoms with Gasteiger partial charge in [0, 0.05) is 19.1 Å². The summed E-state index contributed by atoms with van der Waals surface area (Å²) < 4.78 is 0. The molecule has 30 heavy (non-hydrogen) atoms. The Morgan fingerprint density at radius 1 is 1.27 bits per heavy atom. The highest BCUT2D eigenvalue weighted by molar-refractivity contribution is 6.40. The molecule has 2 amide bonds. The number of carbonyl (C=O) groups is 2. The smallest absolute Gasteiger partial charge is 0.314 e. The van der Waals surface area contributed by atoms with E-state index < -0.39 is 11.8 Å². The first-order valence-corrected chi connectivity index (χ1v) is 9.81. The van der Waals surface area contributed by atoms with Crippen molar-refractivity contribution in [3.8, 4) is 0 Å². The molecule has 1 aliphatic rings. The quantitative estimate of drug-likeness (QED) is 0.556. The van der Waals surface area contributed by atoms with Gasteiger partial charge in [-0.1, -0.05) is 29.8 Å². The van der Waals surface area contributed by atoms with Gasteiger partial charge in [0.25, 0.3) is 0 Å². The fraction of sp³-hybridized carbons (Fsp3) is 0.333. The molecule has 2 aromatic heterocycles. The van der Waals surface area contributed by atoms with Crippen LogP contribution in [-0.4, -0.2) is 63.0 Å². The fourth-order valence-electron chi connectivity index (χ4n) is 3.84. The Hall–Kier alpha value is -3.46. The van der Waals surface area contributed by atoms with Crippen LogP contribution < -0.4 is 11.1 Å². The minimum absolute atomic E-state index is 0.139. The van der Waals surface area contributed by atoms with Gasteiger partial charge in [-0.3, -0.25) is 19.6 Å². The van der Waals surface area contributed by atoms with Crippen LogP contribution in [0.4, 0.5) is 11.5 Å². The Bertz CT molecular complexity index is 1110. The van der Waals surface area contributed by atoms with Gasteiger partial charge in [0.2, 0.25) is 0 Å². The Kier molecular flexibility index (Phi) is 5.13. The number of pyridine rings is 1. The van der Waals surface area contributed by atoms with E-state index >= 15 is 0 Å². The normalized spacial score (nSPS) is 19.8. The van der Waals surface area contributed by atoms with Crippen molar-refractivity contribution in [3.63, 3.8) is 0 Å². The number of aromatic amines is 1. The molecule has 4 N–H and O–H groups in total. The van der Waals surface area contributed by atoms with Crippen molar-refractivity contribution in [3.05, 3.63) is 47.8 Å². The summed E-state index contributed by atoms with van der Waals surface area (Å²) in [6, 6.07) is 7.98. The molecular formula is C21H25N7O2. The first kappa shape index (κ1) is 19.8. The predicted octanol–water partition coefficient (Wildman–Crippen LogP) is 1.69. The Morgan fingerprint density at radius 3 is 2.83 bits per heavy atom. The minimum atomic E-state index is -0.716. The van der Waals surface area contributed by atoms with Crippen LogP contribution in [-0.2, 0) is 9.59 Å². The summed E-state index contributed by atoms with van der Waals surface area (Å²) in [5.74, 6) is -0.992. The second-order valence-corrected chi connectivity index (χ2v) is 7.85. The van der Waals surface area contributed by atoms with Crippen molar-refractivity contribution in [2.75, 3.05) is 31.2 Å². The van der Waals surface area contributed by atoms with Crippen molar-refractivity contribution >= 4 is 34.2 Å². The molecule has 9 nitrogen and oxygen atoms in total. The second kappa shape index (κ2) is 7.75. The summed E-state index contributed by atoms with van der Waals surface area (Å²) in [6.45, 7) is 5.17. The molecule has 156 valence electrons. The molecule has 9 heteroatoms. The standard InChI is InChI=1S/C21H25N7O2/c1-12-5-4-6-14(7-12)17-11-27(3)13(2)10-28(17)21(30)20(29)25-16-9-23-19(22)15-8-24-26-18(15)16/h4-9,13,17H,10-11H2,1-3H3,(H2,22,23)(H,24,26)(H,25,29)/t13-,17-/m1/s1. The Labute approximate surface area is 174 Å². The number of rotatable bonds is 2. The number of anilines is 2. The number of carbonyl (C=O) groups excluding carboxylic acids is 2. The van der Waals surface area contributed by atoms with Gasteiger partial charge in [0.05, 0.1) is 35.0 Å². The third kappa shape index (κ3) is 3.59. The molecule has 0 aliphatic carbocycles. The SMILES string of the molecule is Cc1cccc([C@H]2CN(C)[C@H](C)CN2C(=O)C(=O)Nc2cnc(N)c3cn[nH]c23)c1. The monoisotopic (exact) mass is 407 g/mol. The lowest BCUT2D eigenvalue weighted by atomic mass is 9.98. The Morgan fingerprint density at radius 2 is 2.07 bits per heavy atom. The minimum Gasteiger partial charge on any atom is -0.383 e. The zero-order chi connectivity index (χ0) is 21.4. The number of nitrogens with one attached hydrogen (secondary N) is 2. The molecule has 0 radical (unpaired) electrons. The third-order valence-electron chi connectivity index (χ3n) is 5.70. The van der Waals surface area contributed by atoms with Crippen LogP contribution in [0, 0.1) is 6.92 Å². The van der Waals surface area contributed by atoms with E-state index in [1.54, 1.807) is 4.90 Å². The molecule has 4 rings (SSSR count). The van der Waals surface area contributed by atoms with Crippen LogP contribution in [0.15, 0.2) is 36.7 Å². The van der Waals surface area contributed by atoms with Crippen LogP contribution in [0.5, 0.6) is 0 Å². The zero-order valence-electron chi connectivity index (χ0n) is 17.2. The van der Waals surface area contributed by atoms with Gasteiger partial charge in [-0.2, -0.15) is 5.10 Å². The first-order chi connectivity index (χ1) is 14.3. The topological polar surface area (TPSA) is 120 Å². The predicted molar refractivity (Wildman–Crippen MR) is 115 cm³/mol. The highest BCUT2D eigenvalue weighted by atomic mass is 16.2. The zero-order valence-corrected chi connectivity index (χ0v) is 17.2. The lowest BCUT2D eigenvalue weighted by molar-refractivity contribution is -0.147. The first-order valence-electron chi connectivity index (χ1n) is 9.81. The fourth-order valence-corrected chi connectivity index (χ4v) is 3.84. The number of likely N-dealkylation sites (N-methyl/N-ethyl adjacent to an activating group) is 1. The maximum Gasteiger partial charge on any atom is 0.314 e. The van der Waals surface area contributed by atoms with Gasteiger partial charge in [-0.05, 0) is 26.5 Å². The van der Waals surface area contributed by atoms with Crippen molar-refractivity contribution in [2.24, 2.45) is 0 Å². The van der Waals surface area contributed by atoms with E-state index in [9.17, 15) is 9.59 Å². The molecule has 0 unspecified atom stereocenters. The van der Waals surface area contributed by atoms with Crippen LogP contribution in [0.1, 0.15) is 24.1 Å². The summed E-state index contributed by atoms with van der Waals surface area (Å²) in [6.07, 6.45) is 2.96. The summed E-state index contributed by atoms with van der Waals surface area (Å²) in [5.41, 5.74) is 8.86. The lowest BCUT2D eigenvalue weighted by Gasteiger charge is -2.43.